The highest BCUT2D eigenvalue weighted by atomic mass is 16.5. The van der Waals surface area contributed by atoms with Gasteiger partial charge in [-0.25, -0.2) is 0 Å². The lowest BCUT2D eigenvalue weighted by molar-refractivity contribution is -0.118. The summed E-state index contributed by atoms with van der Waals surface area (Å²) in [5, 5.41) is 3.23. The molecule has 2 aliphatic rings. The SMILES string of the molecule is COc1ccc(C2=C(N=O)CC3(CCOCC3)CC2=O)c(C)c1. The lowest BCUT2D eigenvalue weighted by Gasteiger charge is -2.39. The van der Waals surface area contributed by atoms with Crippen molar-refractivity contribution in [3.05, 3.63) is 39.9 Å². The van der Waals surface area contributed by atoms with Gasteiger partial charge in [-0.05, 0) is 53.6 Å². The van der Waals surface area contributed by atoms with E-state index in [0.717, 1.165) is 29.7 Å². The first-order valence-corrected chi connectivity index (χ1v) is 7.91. The second-order valence-corrected chi connectivity index (χ2v) is 6.48. The van der Waals surface area contributed by atoms with Crippen molar-refractivity contribution < 1.29 is 14.3 Å². The predicted molar refractivity (Wildman–Crippen MR) is 87.2 cm³/mol. The quantitative estimate of drug-likeness (QED) is 0.799. The van der Waals surface area contributed by atoms with E-state index in [1.54, 1.807) is 7.11 Å². The zero-order valence-corrected chi connectivity index (χ0v) is 13.6. The first kappa shape index (κ1) is 15.9. The smallest absolute Gasteiger partial charge is 0.166 e. The summed E-state index contributed by atoms with van der Waals surface area (Å²) in [5.74, 6) is 0.748. The van der Waals surface area contributed by atoms with Crippen LogP contribution in [0, 0.1) is 17.2 Å². The van der Waals surface area contributed by atoms with Crippen molar-refractivity contribution in [2.45, 2.75) is 32.6 Å². The van der Waals surface area contributed by atoms with Crippen LogP contribution >= 0.6 is 0 Å². The number of ketones is 1. The highest BCUT2D eigenvalue weighted by molar-refractivity contribution is 6.23. The van der Waals surface area contributed by atoms with E-state index in [4.69, 9.17) is 9.47 Å². The van der Waals surface area contributed by atoms with Crippen LogP contribution in [0.3, 0.4) is 0 Å². The molecule has 1 saturated heterocycles. The Morgan fingerprint density at radius 1 is 1.22 bits per heavy atom. The van der Waals surface area contributed by atoms with Gasteiger partial charge in [0.1, 0.15) is 5.75 Å². The fraction of sp³-hybridized carbons (Fsp3) is 0.500. The zero-order valence-electron chi connectivity index (χ0n) is 13.6. The van der Waals surface area contributed by atoms with Gasteiger partial charge >= 0.3 is 0 Å². The number of hydrogen-bond donors (Lipinski definition) is 0. The van der Waals surface area contributed by atoms with Crippen LogP contribution in [0.15, 0.2) is 29.1 Å². The zero-order chi connectivity index (χ0) is 16.4. The molecule has 0 radical (unpaired) electrons. The van der Waals surface area contributed by atoms with E-state index >= 15 is 0 Å². The van der Waals surface area contributed by atoms with Gasteiger partial charge in [0.25, 0.3) is 0 Å². The molecule has 1 aromatic rings. The molecule has 0 aromatic heterocycles. The van der Waals surface area contributed by atoms with Crippen molar-refractivity contribution in [3.8, 4) is 5.75 Å². The maximum Gasteiger partial charge on any atom is 0.166 e. The van der Waals surface area contributed by atoms with E-state index < -0.39 is 0 Å². The van der Waals surface area contributed by atoms with Crippen molar-refractivity contribution in [1.29, 1.82) is 0 Å². The van der Waals surface area contributed by atoms with Crippen molar-refractivity contribution in [2.75, 3.05) is 20.3 Å². The fourth-order valence-corrected chi connectivity index (χ4v) is 3.68. The average Bonchev–Trinajstić information content (AvgIpc) is 2.55. The third-order valence-corrected chi connectivity index (χ3v) is 5.01. The Morgan fingerprint density at radius 2 is 1.96 bits per heavy atom. The molecule has 0 amide bonds. The van der Waals surface area contributed by atoms with Gasteiger partial charge in [0, 0.05) is 26.1 Å². The van der Waals surface area contributed by atoms with Gasteiger partial charge in [-0.3, -0.25) is 4.79 Å². The Bertz CT molecular complexity index is 672. The summed E-state index contributed by atoms with van der Waals surface area (Å²) < 4.78 is 10.6. The molecule has 0 unspecified atom stereocenters. The average molecular weight is 315 g/mol. The number of aryl methyl sites for hydroxylation is 1. The molecule has 0 bridgehead atoms. The summed E-state index contributed by atoms with van der Waals surface area (Å²) in [4.78, 5) is 24.2. The van der Waals surface area contributed by atoms with E-state index in [1.807, 2.05) is 25.1 Å². The number of ether oxygens (including phenoxy) is 2. The van der Waals surface area contributed by atoms with Gasteiger partial charge in [0.15, 0.2) is 5.78 Å². The molecule has 1 aliphatic heterocycles. The standard InChI is InChI=1S/C18H21NO4/c1-12-9-13(22-2)3-4-14(12)17-15(19-21)10-18(11-16(17)20)5-7-23-8-6-18/h3-4,9H,5-8,10-11H2,1-2H3. The second-order valence-electron chi connectivity index (χ2n) is 6.48. The van der Waals surface area contributed by atoms with Gasteiger partial charge in [-0.15, -0.1) is 4.91 Å². The van der Waals surface area contributed by atoms with Gasteiger partial charge in [0.05, 0.1) is 18.4 Å². The van der Waals surface area contributed by atoms with Gasteiger partial charge in [-0.2, -0.15) is 0 Å². The minimum absolute atomic E-state index is 0.0148. The molecule has 3 rings (SSSR count). The summed E-state index contributed by atoms with van der Waals surface area (Å²) in [5.41, 5.74) is 2.42. The fourth-order valence-electron chi connectivity index (χ4n) is 3.68. The molecule has 1 heterocycles. The number of nitroso groups, excluding NO2 is 1. The van der Waals surface area contributed by atoms with Gasteiger partial charge in [-0.1, -0.05) is 6.07 Å². The summed E-state index contributed by atoms with van der Waals surface area (Å²) in [6.45, 7) is 3.21. The van der Waals surface area contributed by atoms with Crippen molar-refractivity contribution in [2.24, 2.45) is 10.6 Å². The largest absolute Gasteiger partial charge is 0.497 e. The number of nitrogens with zero attached hydrogens (tertiary/aromatic N) is 1. The van der Waals surface area contributed by atoms with Crippen molar-refractivity contribution >= 4 is 11.4 Å². The molecular formula is C18H21NO4. The number of rotatable bonds is 3. The topological polar surface area (TPSA) is 65.0 Å². The van der Waals surface area contributed by atoms with Gasteiger partial charge in [0.2, 0.25) is 0 Å². The molecule has 23 heavy (non-hydrogen) atoms. The molecule has 5 heteroatoms. The predicted octanol–water partition coefficient (Wildman–Crippen LogP) is 3.64. The molecule has 0 N–H and O–H groups in total. The molecule has 0 atom stereocenters. The van der Waals surface area contributed by atoms with Crippen molar-refractivity contribution in [3.63, 3.8) is 0 Å². The number of benzene rings is 1. The van der Waals surface area contributed by atoms with Gasteiger partial charge < -0.3 is 9.47 Å². The number of Topliss-reactive ketones (excluding diaryl/α,β-unsaturated/α-hetero) is 1. The Kier molecular flexibility index (Phi) is 4.31. The molecule has 122 valence electrons. The van der Waals surface area contributed by atoms with E-state index in [0.29, 0.717) is 37.3 Å². The third kappa shape index (κ3) is 2.93. The molecule has 1 aromatic carbocycles. The number of carbonyl (C=O) groups is 1. The van der Waals surface area contributed by atoms with Crippen LogP contribution in [-0.2, 0) is 9.53 Å². The monoisotopic (exact) mass is 315 g/mol. The minimum Gasteiger partial charge on any atom is -0.497 e. The Hall–Kier alpha value is -2.01. The summed E-state index contributed by atoms with van der Waals surface area (Å²) in [7, 11) is 1.60. The van der Waals surface area contributed by atoms with Crippen molar-refractivity contribution in [1.82, 2.24) is 0 Å². The molecule has 1 fully saturated rings. The number of methoxy groups -OCH3 is 1. The van der Waals surface area contributed by atoms with E-state index in [9.17, 15) is 9.70 Å². The Labute approximate surface area is 135 Å². The summed E-state index contributed by atoms with van der Waals surface area (Å²) in [6, 6.07) is 5.52. The lowest BCUT2D eigenvalue weighted by Crippen LogP contribution is -2.35. The summed E-state index contributed by atoms with van der Waals surface area (Å²) in [6.07, 6.45) is 2.65. The Balaban J connectivity index is 2.03. The molecule has 5 nitrogen and oxygen atoms in total. The highest BCUT2D eigenvalue weighted by Crippen LogP contribution is 2.47. The van der Waals surface area contributed by atoms with Crippen LogP contribution < -0.4 is 4.74 Å². The number of carbonyl (C=O) groups excluding carboxylic acids is 1. The lowest BCUT2D eigenvalue weighted by atomic mass is 9.67. The second kappa shape index (κ2) is 6.24. The van der Waals surface area contributed by atoms with Crippen LogP contribution in [0.1, 0.15) is 36.8 Å². The summed E-state index contributed by atoms with van der Waals surface area (Å²) >= 11 is 0. The molecule has 1 spiro atoms. The maximum absolute atomic E-state index is 12.8. The minimum atomic E-state index is -0.150. The third-order valence-electron chi connectivity index (χ3n) is 5.01. The number of hydrogen-bond acceptors (Lipinski definition) is 5. The highest BCUT2D eigenvalue weighted by Gasteiger charge is 2.42. The van der Waals surface area contributed by atoms with E-state index in [1.165, 1.54) is 0 Å². The molecule has 1 aliphatic carbocycles. The van der Waals surface area contributed by atoms with Crippen LogP contribution in [0.4, 0.5) is 0 Å². The first-order chi connectivity index (χ1) is 11.1. The van der Waals surface area contributed by atoms with E-state index in [2.05, 4.69) is 5.18 Å². The van der Waals surface area contributed by atoms with Crippen LogP contribution in [0.25, 0.3) is 5.57 Å². The molecule has 0 saturated carbocycles. The van der Waals surface area contributed by atoms with Crippen LogP contribution in [0.2, 0.25) is 0 Å². The molecular weight excluding hydrogens is 294 g/mol. The van der Waals surface area contributed by atoms with E-state index in [-0.39, 0.29) is 11.2 Å². The number of allylic oxidation sites excluding steroid dienone is 2. The first-order valence-electron chi connectivity index (χ1n) is 7.91. The van der Waals surface area contributed by atoms with Crippen LogP contribution in [0.5, 0.6) is 5.75 Å². The normalized spacial score (nSPS) is 20.7. The maximum atomic E-state index is 12.8. The van der Waals surface area contributed by atoms with Crippen LogP contribution in [-0.4, -0.2) is 26.1 Å². The Morgan fingerprint density at radius 3 is 2.57 bits per heavy atom.